The molecule has 3 heteroatoms. The lowest BCUT2D eigenvalue weighted by molar-refractivity contribution is 0.743. The molecule has 0 amide bonds. The second-order valence-corrected chi connectivity index (χ2v) is 4.10. The van der Waals surface area contributed by atoms with E-state index in [9.17, 15) is 0 Å². The second kappa shape index (κ2) is 4.58. The average Bonchev–Trinajstić information content (AvgIpc) is 2.28. The first kappa shape index (κ1) is 10.4. The number of rotatable bonds is 3. The van der Waals surface area contributed by atoms with Crippen molar-refractivity contribution in [2.75, 3.05) is 0 Å². The van der Waals surface area contributed by atoms with Gasteiger partial charge in [-0.3, -0.25) is 0 Å². The third-order valence-corrected chi connectivity index (χ3v) is 2.86. The van der Waals surface area contributed by atoms with Gasteiger partial charge in [0.25, 0.3) is 0 Å². The summed E-state index contributed by atoms with van der Waals surface area (Å²) in [6, 6.07) is 8.08. The van der Waals surface area contributed by atoms with E-state index < -0.39 is 0 Å². The zero-order chi connectivity index (χ0) is 10.7. The summed E-state index contributed by atoms with van der Waals surface area (Å²) in [7, 11) is 0. The lowest BCUT2D eigenvalue weighted by Crippen LogP contribution is -1.97. The molecule has 0 fully saturated rings. The molecule has 0 bridgehead atoms. The van der Waals surface area contributed by atoms with Gasteiger partial charge in [-0.2, -0.15) is 10.2 Å². The third kappa shape index (κ3) is 2.10. The van der Waals surface area contributed by atoms with Gasteiger partial charge in [0.05, 0.1) is 17.3 Å². The van der Waals surface area contributed by atoms with Crippen LogP contribution in [0.2, 0.25) is 0 Å². The van der Waals surface area contributed by atoms with E-state index in [2.05, 4.69) is 17.1 Å². The molecular formula is C12H13ClN2. The maximum Gasteiger partial charge on any atom is 0.0887 e. The van der Waals surface area contributed by atoms with Crippen molar-refractivity contribution in [3.8, 4) is 0 Å². The van der Waals surface area contributed by atoms with Crippen molar-refractivity contribution in [1.29, 1.82) is 0 Å². The molecular weight excluding hydrogens is 208 g/mol. The molecule has 15 heavy (non-hydrogen) atoms. The van der Waals surface area contributed by atoms with Crippen LogP contribution in [-0.4, -0.2) is 10.2 Å². The Hall–Kier alpha value is -1.15. The number of halogens is 1. The van der Waals surface area contributed by atoms with Crippen molar-refractivity contribution >= 4 is 22.4 Å². The molecule has 78 valence electrons. The molecule has 0 aliphatic carbocycles. The molecule has 0 N–H and O–H groups in total. The minimum absolute atomic E-state index is 0.0337. The Balaban J connectivity index is 2.50. The largest absolute Gasteiger partial charge is 0.158 e. The normalized spacial score (nSPS) is 12.9. The van der Waals surface area contributed by atoms with E-state index in [1.54, 1.807) is 6.20 Å². The second-order valence-electron chi connectivity index (χ2n) is 3.57. The first-order valence-electron chi connectivity index (χ1n) is 5.17. The van der Waals surface area contributed by atoms with Crippen molar-refractivity contribution in [3.63, 3.8) is 0 Å². The van der Waals surface area contributed by atoms with Crippen molar-refractivity contribution in [1.82, 2.24) is 10.2 Å². The summed E-state index contributed by atoms with van der Waals surface area (Å²) < 4.78 is 0. The summed E-state index contributed by atoms with van der Waals surface area (Å²) in [5.41, 5.74) is 0.900. The predicted molar refractivity (Wildman–Crippen MR) is 63.0 cm³/mol. The summed E-state index contributed by atoms with van der Waals surface area (Å²) in [6.07, 6.45) is 3.76. The molecule has 1 unspecified atom stereocenters. The number of hydrogen-bond acceptors (Lipinski definition) is 2. The highest BCUT2D eigenvalue weighted by atomic mass is 35.5. The number of nitrogens with zero attached hydrogens (tertiary/aromatic N) is 2. The van der Waals surface area contributed by atoms with Gasteiger partial charge in [0.15, 0.2) is 0 Å². The zero-order valence-electron chi connectivity index (χ0n) is 8.65. The summed E-state index contributed by atoms with van der Waals surface area (Å²) >= 11 is 6.28. The molecule has 0 radical (unpaired) electrons. The number of fused-ring (bicyclic) bond motifs is 1. The van der Waals surface area contributed by atoms with Crippen LogP contribution < -0.4 is 0 Å². The monoisotopic (exact) mass is 220 g/mol. The summed E-state index contributed by atoms with van der Waals surface area (Å²) in [6.45, 7) is 2.12. The van der Waals surface area contributed by atoms with Crippen LogP contribution >= 0.6 is 11.6 Å². The first-order valence-corrected chi connectivity index (χ1v) is 5.61. The molecule has 0 spiro atoms. The van der Waals surface area contributed by atoms with Gasteiger partial charge in [0.1, 0.15) is 0 Å². The number of hydrogen-bond donors (Lipinski definition) is 0. The molecule has 0 saturated heterocycles. The van der Waals surface area contributed by atoms with Crippen LogP contribution in [0.1, 0.15) is 30.8 Å². The number of benzene rings is 1. The van der Waals surface area contributed by atoms with Crippen LogP contribution in [0.15, 0.2) is 30.5 Å². The topological polar surface area (TPSA) is 25.8 Å². The maximum absolute atomic E-state index is 6.28. The Morgan fingerprint density at radius 3 is 2.93 bits per heavy atom. The lowest BCUT2D eigenvalue weighted by Gasteiger charge is -2.09. The van der Waals surface area contributed by atoms with Crippen LogP contribution in [0, 0.1) is 0 Å². The van der Waals surface area contributed by atoms with Crippen LogP contribution in [0.25, 0.3) is 10.8 Å². The third-order valence-electron chi connectivity index (χ3n) is 2.44. The summed E-state index contributed by atoms with van der Waals surface area (Å²) in [5, 5.41) is 10.3. The van der Waals surface area contributed by atoms with Gasteiger partial charge in [0, 0.05) is 10.8 Å². The maximum atomic E-state index is 6.28. The Kier molecular flexibility index (Phi) is 3.17. The van der Waals surface area contributed by atoms with Gasteiger partial charge >= 0.3 is 0 Å². The Labute approximate surface area is 94.3 Å². The molecule has 2 rings (SSSR count). The van der Waals surface area contributed by atoms with Gasteiger partial charge in [-0.1, -0.05) is 37.6 Å². The van der Waals surface area contributed by atoms with Crippen molar-refractivity contribution < 1.29 is 0 Å². The standard InChI is InChI=1S/C12H13ClN2/c1-2-5-11(13)12-10-7-4-3-6-9(10)8-14-15-12/h3-4,6-8,11H,2,5H2,1H3. The Bertz CT molecular complexity index is 451. The van der Waals surface area contributed by atoms with Crippen molar-refractivity contribution in [3.05, 3.63) is 36.2 Å². The lowest BCUT2D eigenvalue weighted by atomic mass is 10.1. The quantitative estimate of drug-likeness (QED) is 0.737. The predicted octanol–water partition coefficient (Wildman–Crippen LogP) is 3.71. The van der Waals surface area contributed by atoms with E-state index in [0.29, 0.717) is 0 Å². The molecule has 0 aliphatic rings. The number of aromatic nitrogens is 2. The van der Waals surface area contributed by atoms with Crippen LogP contribution in [0.5, 0.6) is 0 Å². The van der Waals surface area contributed by atoms with E-state index in [4.69, 9.17) is 11.6 Å². The van der Waals surface area contributed by atoms with Gasteiger partial charge in [0.2, 0.25) is 0 Å². The van der Waals surface area contributed by atoms with E-state index in [1.807, 2.05) is 24.3 Å². The minimum Gasteiger partial charge on any atom is -0.158 e. The molecule has 2 nitrogen and oxygen atoms in total. The van der Waals surface area contributed by atoms with Gasteiger partial charge in [-0.25, -0.2) is 0 Å². The van der Waals surface area contributed by atoms with Crippen molar-refractivity contribution in [2.45, 2.75) is 25.1 Å². The molecule has 1 atom stereocenters. The first-order chi connectivity index (χ1) is 7.33. The van der Waals surface area contributed by atoms with Crippen LogP contribution in [0.3, 0.4) is 0 Å². The molecule has 1 aromatic carbocycles. The Morgan fingerprint density at radius 1 is 1.33 bits per heavy atom. The molecule has 0 aliphatic heterocycles. The molecule has 2 aromatic rings. The van der Waals surface area contributed by atoms with Crippen LogP contribution in [-0.2, 0) is 0 Å². The van der Waals surface area contributed by atoms with Crippen molar-refractivity contribution in [2.24, 2.45) is 0 Å². The molecule has 1 aromatic heterocycles. The fourth-order valence-corrected chi connectivity index (χ4v) is 2.05. The fraction of sp³-hybridized carbons (Fsp3) is 0.333. The smallest absolute Gasteiger partial charge is 0.0887 e. The summed E-state index contributed by atoms with van der Waals surface area (Å²) in [4.78, 5) is 0. The summed E-state index contributed by atoms with van der Waals surface area (Å²) in [5.74, 6) is 0. The van der Waals surface area contributed by atoms with Gasteiger partial charge in [-0.15, -0.1) is 11.6 Å². The van der Waals surface area contributed by atoms with Crippen LogP contribution in [0.4, 0.5) is 0 Å². The van der Waals surface area contributed by atoms with Gasteiger partial charge in [-0.05, 0) is 6.42 Å². The Morgan fingerprint density at radius 2 is 2.13 bits per heavy atom. The number of alkyl halides is 1. The zero-order valence-corrected chi connectivity index (χ0v) is 9.41. The average molecular weight is 221 g/mol. The van der Waals surface area contributed by atoms with E-state index >= 15 is 0 Å². The molecule has 0 saturated carbocycles. The minimum atomic E-state index is -0.0337. The highest BCUT2D eigenvalue weighted by Crippen LogP contribution is 2.28. The SMILES string of the molecule is CCCC(Cl)c1nncc2ccccc12. The van der Waals surface area contributed by atoms with E-state index in [-0.39, 0.29) is 5.38 Å². The van der Waals surface area contributed by atoms with E-state index in [1.165, 1.54) is 0 Å². The van der Waals surface area contributed by atoms with Gasteiger partial charge < -0.3 is 0 Å². The highest BCUT2D eigenvalue weighted by molar-refractivity contribution is 6.21. The highest BCUT2D eigenvalue weighted by Gasteiger charge is 2.12. The van der Waals surface area contributed by atoms with E-state index in [0.717, 1.165) is 29.3 Å². The molecule has 1 heterocycles. The fourth-order valence-electron chi connectivity index (χ4n) is 1.67.